The third-order valence-electron chi connectivity index (χ3n) is 13.2. The van der Waals surface area contributed by atoms with Crippen LogP contribution in [0.5, 0.6) is 0 Å². The Bertz CT molecular complexity index is 3420. The molecule has 11 aromatic rings. The summed E-state index contributed by atoms with van der Waals surface area (Å²) in [5, 5.41) is 7.37. The molecular weight excluding hydrogens is 741 g/mol. The second-order valence-electron chi connectivity index (χ2n) is 16.6. The minimum absolute atomic E-state index is 0.565. The van der Waals surface area contributed by atoms with Crippen LogP contribution in [0.3, 0.4) is 0 Å². The van der Waals surface area contributed by atoms with Crippen molar-refractivity contribution in [1.29, 1.82) is 0 Å². The van der Waals surface area contributed by atoms with Crippen LogP contribution >= 0.6 is 0 Å². The first-order valence-corrected chi connectivity index (χ1v) is 21.8. The van der Waals surface area contributed by atoms with Crippen molar-refractivity contribution in [1.82, 2.24) is 4.57 Å². The van der Waals surface area contributed by atoms with Crippen molar-refractivity contribution in [3.05, 3.63) is 206 Å². The van der Waals surface area contributed by atoms with Crippen LogP contribution in [0.1, 0.15) is 43.6 Å². The van der Waals surface area contributed by atoms with Gasteiger partial charge in [-0.05, 0) is 101 Å². The Morgan fingerprint density at radius 3 is 1.90 bits per heavy atom. The highest BCUT2D eigenvalue weighted by atomic mass is 16.3. The Labute approximate surface area is 355 Å². The fourth-order valence-corrected chi connectivity index (χ4v) is 10.5. The summed E-state index contributed by atoms with van der Waals surface area (Å²) in [4.78, 5) is 2.51. The molecule has 1 saturated carbocycles. The van der Waals surface area contributed by atoms with Gasteiger partial charge in [-0.1, -0.05) is 165 Å². The molecular formula is C58H44N2O. The van der Waals surface area contributed by atoms with Gasteiger partial charge >= 0.3 is 0 Å². The van der Waals surface area contributed by atoms with Gasteiger partial charge in [-0.15, -0.1) is 0 Å². The molecule has 0 saturated heterocycles. The largest absolute Gasteiger partial charge is 0.456 e. The monoisotopic (exact) mass is 784 g/mol. The van der Waals surface area contributed by atoms with E-state index in [1.165, 1.54) is 81.4 Å². The van der Waals surface area contributed by atoms with Crippen molar-refractivity contribution >= 4 is 71.6 Å². The summed E-state index contributed by atoms with van der Waals surface area (Å²) in [5.74, 6) is 0.565. The van der Waals surface area contributed by atoms with Crippen LogP contribution in [-0.4, -0.2) is 4.57 Å². The summed E-state index contributed by atoms with van der Waals surface area (Å²) >= 11 is 0. The van der Waals surface area contributed by atoms with Crippen molar-refractivity contribution in [3.63, 3.8) is 0 Å². The maximum Gasteiger partial charge on any atom is 0.137 e. The number of nitrogens with zero attached hydrogens (tertiary/aromatic N) is 2. The van der Waals surface area contributed by atoms with Crippen LogP contribution in [-0.2, 0) is 0 Å². The maximum atomic E-state index is 6.59. The lowest BCUT2D eigenvalue weighted by Gasteiger charge is -2.31. The molecule has 9 aromatic carbocycles. The van der Waals surface area contributed by atoms with Crippen LogP contribution < -0.4 is 4.90 Å². The molecule has 3 heteroatoms. The molecule has 292 valence electrons. The average molecular weight is 785 g/mol. The summed E-state index contributed by atoms with van der Waals surface area (Å²) in [6.07, 6.45) is 6.42. The molecule has 2 heterocycles. The van der Waals surface area contributed by atoms with Gasteiger partial charge in [0.15, 0.2) is 0 Å². The maximum absolute atomic E-state index is 6.59. The molecule has 0 aliphatic heterocycles. The van der Waals surface area contributed by atoms with Gasteiger partial charge < -0.3 is 13.9 Å². The summed E-state index contributed by atoms with van der Waals surface area (Å²) in [6.45, 7) is 0. The van der Waals surface area contributed by atoms with E-state index < -0.39 is 0 Å². The molecule has 3 nitrogen and oxygen atoms in total. The molecule has 0 spiro atoms. The number of para-hydroxylation sites is 5. The van der Waals surface area contributed by atoms with E-state index in [2.05, 4.69) is 210 Å². The normalized spacial score (nSPS) is 13.5. The predicted molar refractivity (Wildman–Crippen MR) is 257 cm³/mol. The van der Waals surface area contributed by atoms with E-state index >= 15 is 0 Å². The topological polar surface area (TPSA) is 21.3 Å². The molecule has 12 rings (SSSR count). The number of hydrogen-bond acceptors (Lipinski definition) is 2. The Morgan fingerprint density at radius 2 is 1.05 bits per heavy atom. The van der Waals surface area contributed by atoms with Gasteiger partial charge in [-0.25, -0.2) is 0 Å². The van der Waals surface area contributed by atoms with Gasteiger partial charge in [0.05, 0.1) is 33.5 Å². The average Bonchev–Trinajstić information content (AvgIpc) is 3.88. The lowest BCUT2D eigenvalue weighted by atomic mass is 9.80. The van der Waals surface area contributed by atoms with Crippen LogP contribution in [0, 0.1) is 0 Å². The van der Waals surface area contributed by atoms with Crippen molar-refractivity contribution in [3.8, 4) is 27.9 Å². The van der Waals surface area contributed by atoms with E-state index in [4.69, 9.17) is 4.42 Å². The minimum Gasteiger partial charge on any atom is -0.456 e. The first-order valence-electron chi connectivity index (χ1n) is 21.8. The van der Waals surface area contributed by atoms with Crippen molar-refractivity contribution in [2.45, 2.75) is 38.0 Å². The quantitative estimate of drug-likeness (QED) is 0.161. The Balaban J connectivity index is 1.14. The van der Waals surface area contributed by atoms with Crippen LogP contribution in [0.25, 0.3) is 82.5 Å². The van der Waals surface area contributed by atoms with Crippen molar-refractivity contribution in [2.24, 2.45) is 0 Å². The van der Waals surface area contributed by atoms with Crippen molar-refractivity contribution in [2.75, 3.05) is 4.90 Å². The molecule has 0 N–H and O–H groups in total. The van der Waals surface area contributed by atoms with Gasteiger partial charge in [0.25, 0.3) is 0 Å². The zero-order valence-electron chi connectivity index (χ0n) is 34.0. The Kier molecular flexibility index (Phi) is 8.59. The molecule has 0 atom stereocenters. The van der Waals surface area contributed by atoms with Crippen LogP contribution in [0.15, 0.2) is 205 Å². The first-order chi connectivity index (χ1) is 30.3. The van der Waals surface area contributed by atoms with Gasteiger partial charge in [0.2, 0.25) is 0 Å². The molecule has 61 heavy (non-hydrogen) atoms. The zero-order valence-corrected chi connectivity index (χ0v) is 34.0. The van der Waals surface area contributed by atoms with E-state index in [0.717, 1.165) is 55.8 Å². The number of benzene rings is 9. The van der Waals surface area contributed by atoms with Crippen LogP contribution in [0.4, 0.5) is 17.1 Å². The van der Waals surface area contributed by atoms with Crippen molar-refractivity contribution < 1.29 is 4.42 Å². The van der Waals surface area contributed by atoms with Crippen LogP contribution in [0.2, 0.25) is 0 Å². The third kappa shape index (κ3) is 5.87. The molecule has 0 bridgehead atoms. The second kappa shape index (κ2) is 14.7. The molecule has 2 aromatic heterocycles. The molecule has 1 aliphatic carbocycles. The third-order valence-corrected chi connectivity index (χ3v) is 13.2. The standard InChI is InChI=1S/C58H44N2O/c1-3-18-39(19-4-1)44-28-15-20-40-21-16-29-48(57(40)44)46-26-9-13-32-52(46)60(53-33-17-35-56-58(53)49-27-10-14-34-55(49)61-56)50-30-11-7-24-43(50)41-36-37-47-45-25-8-12-31-51(45)59(54(47)38-41)42-22-5-2-6-23-42/h2,5-17,20-39H,1,3-4,18-19H2. The van der Waals surface area contributed by atoms with Gasteiger partial charge in [-0.3, -0.25) is 0 Å². The van der Waals surface area contributed by atoms with E-state index in [9.17, 15) is 0 Å². The smallest absolute Gasteiger partial charge is 0.137 e. The summed E-state index contributed by atoms with van der Waals surface area (Å²) < 4.78 is 9.00. The second-order valence-corrected chi connectivity index (χ2v) is 16.6. The van der Waals surface area contributed by atoms with Gasteiger partial charge in [0.1, 0.15) is 11.2 Å². The number of anilines is 3. The highest BCUT2D eigenvalue weighted by molar-refractivity contribution is 6.15. The molecule has 1 aliphatic rings. The molecule has 1 fully saturated rings. The lowest BCUT2D eigenvalue weighted by molar-refractivity contribution is 0.445. The van der Waals surface area contributed by atoms with E-state index in [1.807, 2.05) is 0 Å². The van der Waals surface area contributed by atoms with E-state index in [1.54, 1.807) is 0 Å². The summed E-state index contributed by atoms with van der Waals surface area (Å²) in [6, 6.07) is 73.3. The number of rotatable bonds is 7. The SMILES string of the molecule is c1ccc(-n2c3ccccc3c3ccc(-c4ccccc4N(c4ccccc4-c4cccc5cccc(C6CCCCC6)c45)c4cccc5oc6ccccc6c45)cc32)cc1. The zero-order chi connectivity index (χ0) is 40.3. The fourth-order valence-electron chi connectivity index (χ4n) is 10.5. The Hall–Kier alpha value is -7.36. The predicted octanol–water partition coefficient (Wildman–Crippen LogP) is 16.7. The minimum atomic E-state index is 0.565. The van der Waals surface area contributed by atoms with Gasteiger partial charge in [0, 0.05) is 33.0 Å². The fraction of sp³-hybridized carbons (Fsp3) is 0.103. The first kappa shape index (κ1) is 35.6. The number of fused-ring (bicyclic) bond motifs is 7. The molecule has 0 unspecified atom stereocenters. The Morgan fingerprint density at radius 1 is 0.426 bits per heavy atom. The number of hydrogen-bond donors (Lipinski definition) is 0. The van der Waals surface area contributed by atoms with E-state index in [-0.39, 0.29) is 0 Å². The summed E-state index contributed by atoms with van der Waals surface area (Å²) in [7, 11) is 0. The summed E-state index contributed by atoms with van der Waals surface area (Å²) in [5.41, 5.74) is 14.9. The van der Waals surface area contributed by atoms with Gasteiger partial charge in [-0.2, -0.15) is 0 Å². The number of aromatic nitrogens is 1. The number of furan rings is 1. The highest BCUT2D eigenvalue weighted by Crippen LogP contribution is 2.50. The molecule has 0 radical (unpaired) electrons. The lowest BCUT2D eigenvalue weighted by Crippen LogP contribution is -2.13. The highest BCUT2D eigenvalue weighted by Gasteiger charge is 2.26. The van der Waals surface area contributed by atoms with E-state index in [0.29, 0.717) is 5.92 Å². The molecule has 0 amide bonds.